The van der Waals surface area contributed by atoms with Gasteiger partial charge >= 0.3 is 6.04 Å². The molecule has 168 valence electrons. The molecule has 0 spiro atoms. The number of alkyl halides is 1. The van der Waals surface area contributed by atoms with E-state index in [9.17, 15) is 4.39 Å². The van der Waals surface area contributed by atoms with E-state index in [2.05, 4.69) is 41.5 Å². The summed E-state index contributed by atoms with van der Waals surface area (Å²) in [6.07, 6.45) is -0.00000000000000155. The summed E-state index contributed by atoms with van der Waals surface area (Å²) in [5.41, 5.74) is 0.0759. The van der Waals surface area contributed by atoms with E-state index >= 15 is 0 Å². The van der Waals surface area contributed by atoms with Crippen LogP contribution in [0.4, 0.5) is 4.39 Å². The van der Waals surface area contributed by atoms with Crippen molar-refractivity contribution in [2.45, 2.75) is 120 Å². The van der Waals surface area contributed by atoms with E-state index in [4.69, 9.17) is 18.9 Å². The van der Waals surface area contributed by atoms with Crippen LogP contribution in [0, 0.1) is 21.7 Å². The van der Waals surface area contributed by atoms with Gasteiger partial charge in [0.1, 0.15) is 6.79 Å². The van der Waals surface area contributed by atoms with Gasteiger partial charge in [-0.25, -0.2) is 0 Å². The average molecular weight is 405 g/mol. The fourth-order valence-corrected chi connectivity index (χ4v) is 3.64. The van der Waals surface area contributed by atoms with Crippen molar-refractivity contribution in [2.24, 2.45) is 21.7 Å². The van der Waals surface area contributed by atoms with Gasteiger partial charge in [-0.3, -0.25) is 0 Å². The molecule has 2 aliphatic rings. The maximum atomic E-state index is 13.7. The fraction of sp³-hybridized carbons (Fsp3) is 1.00. The lowest BCUT2D eigenvalue weighted by atomic mass is 9.76. The molecular weight excluding hydrogens is 359 g/mol. The number of halogens is 1. The molecule has 0 amide bonds. The van der Waals surface area contributed by atoms with Crippen molar-refractivity contribution < 1.29 is 23.3 Å². The van der Waals surface area contributed by atoms with Gasteiger partial charge in [0.25, 0.3) is 0 Å². The maximum Gasteiger partial charge on any atom is 0.318 e. The number of rotatable bonds is 0. The molecule has 4 nitrogen and oxygen atoms in total. The zero-order chi connectivity index (χ0) is 22.3. The number of ether oxygens (including phenoxy) is 4. The van der Waals surface area contributed by atoms with Crippen molar-refractivity contribution in [1.29, 1.82) is 0 Å². The first-order valence-corrected chi connectivity index (χ1v) is 10.4. The second-order valence-corrected chi connectivity index (χ2v) is 12.7. The summed E-state index contributed by atoms with van der Waals surface area (Å²) in [5.74, 6) is 0. The van der Waals surface area contributed by atoms with E-state index in [0.717, 1.165) is 0 Å². The Hall–Kier alpha value is -0.230. The molecule has 0 aliphatic carbocycles. The van der Waals surface area contributed by atoms with Gasteiger partial charge < -0.3 is 18.9 Å². The van der Waals surface area contributed by atoms with Crippen molar-refractivity contribution in [3.63, 3.8) is 0 Å². The summed E-state index contributed by atoms with van der Waals surface area (Å²) in [6, 6.07) is -1.95. The van der Waals surface area contributed by atoms with Crippen LogP contribution in [0.5, 0.6) is 0 Å². The molecule has 2 aliphatic heterocycles. The zero-order valence-corrected chi connectivity index (χ0v) is 20.5. The first kappa shape index (κ1) is 25.8. The lowest BCUT2D eigenvalue weighted by Gasteiger charge is -2.36. The van der Waals surface area contributed by atoms with E-state index in [-0.39, 0.29) is 46.1 Å². The van der Waals surface area contributed by atoms with Crippen LogP contribution in [-0.4, -0.2) is 37.2 Å². The van der Waals surface area contributed by atoms with Gasteiger partial charge in [-0.15, -0.1) is 0 Å². The first-order chi connectivity index (χ1) is 12.2. The lowest BCUT2D eigenvalue weighted by molar-refractivity contribution is -0.261. The minimum Gasteiger partial charge on any atom is -0.349 e. The van der Waals surface area contributed by atoms with Crippen molar-refractivity contribution >= 4 is 0 Å². The summed E-state index contributed by atoms with van der Waals surface area (Å²) in [4.78, 5) is 0. The lowest BCUT2D eigenvalue weighted by Crippen LogP contribution is -2.42. The third-order valence-electron chi connectivity index (χ3n) is 5.13. The zero-order valence-electron chi connectivity index (χ0n) is 20.5. The van der Waals surface area contributed by atoms with Crippen molar-refractivity contribution in [2.75, 3.05) is 6.79 Å². The first-order valence-electron chi connectivity index (χ1n) is 10.4. The molecule has 0 radical (unpaired) electrons. The Morgan fingerprint density at radius 3 is 1.04 bits per heavy atom. The average Bonchev–Trinajstić information content (AvgIpc) is 3.00. The molecule has 28 heavy (non-hydrogen) atoms. The van der Waals surface area contributed by atoms with Crippen LogP contribution in [0.1, 0.15) is 90.0 Å². The van der Waals surface area contributed by atoms with Crippen LogP contribution in [0.3, 0.4) is 0 Å². The largest absolute Gasteiger partial charge is 0.349 e. The highest BCUT2D eigenvalue weighted by atomic mass is 19.2. The molecule has 5 heteroatoms. The SMILES string of the molecule is CC(C)(C)C1OCOC1C(C)(C)C.CC1(F)OC(C(C)(C)C)C(C(C)(C)C)O1. The van der Waals surface area contributed by atoms with Crippen molar-refractivity contribution in [3.05, 3.63) is 0 Å². The van der Waals surface area contributed by atoms with Gasteiger partial charge in [0.05, 0.1) is 24.4 Å². The molecule has 2 fully saturated rings. The summed E-state index contributed by atoms with van der Waals surface area (Å²) >= 11 is 0. The van der Waals surface area contributed by atoms with Gasteiger partial charge in [-0.2, -0.15) is 4.39 Å². The smallest absolute Gasteiger partial charge is 0.318 e. The highest BCUT2D eigenvalue weighted by molar-refractivity contribution is 4.94. The topological polar surface area (TPSA) is 36.9 Å². The molecule has 0 saturated carbocycles. The molecule has 0 aromatic carbocycles. The second kappa shape index (κ2) is 8.13. The molecule has 2 heterocycles. The molecule has 4 atom stereocenters. The predicted octanol–water partition coefficient (Wildman–Crippen LogP) is 6.33. The Bertz CT molecular complexity index is 459. The quantitative estimate of drug-likeness (QED) is 0.473. The Labute approximate surface area is 172 Å². The van der Waals surface area contributed by atoms with Gasteiger partial charge in [-0.05, 0) is 21.7 Å². The van der Waals surface area contributed by atoms with Crippen molar-refractivity contribution in [1.82, 2.24) is 0 Å². The van der Waals surface area contributed by atoms with Crippen LogP contribution in [-0.2, 0) is 18.9 Å². The van der Waals surface area contributed by atoms with Crippen LogP contribution in [0.25, 0.3) is 0 Å². The van der Waals surface area contributed by atoms with Crippen LogP contribution < -0.4 is 0 Å². The maximum absolute atomic E-state index is 13.7. The van der Waals surface area contributed by atoms with Crippen molar-refractivity contribution in [3.8, 4) is 0 Å². The van der Waals surface area contributed by atoms with Gasteiger partial charge in [0.2, 0.25) is 0 Å². The summed E-state index contributed by atoms with van der Waals surface area (Å²) in [5, 5.41) is 0. The van der Waals surface area contributed by atoms with Gasteiger partial charge in [0.15, 0.2) is 0 Å². The van der Waals surface area contributed by atoms with E-state index in [0.29, 0.717) is 6.79 Å². The molecule has 0 aromatic heterocycles. The van der Waals surface area contributed by atoms with Crippen LogP contribution in [0.2, 0.25) is 0 Å². The van der Waals surface area contributed by atoms with E-state index in [1.165, 1.54) is 6.92 Å². The van der Waals surface area contributed by atoms with Gasteiger partial charge in [-0.1, -0.05) is 83.1 Å². The summed E-state index contributed by atoms with van der Waals surface area (Å²) in [6.45, 7) is 27.2. The molecule has 0 aromatic rings. The minimum absolute atomic E-state index is 0.123. The highest BCUT2D eigenvalue weighted by Crippen LogP contribution is 2.45. The third kappa shape index (κ3) is 6.93. The normalized spacial score (nSPS) is 34.9. The molecule has 2 rings (SSSR count). The molecule has 2 saturated heterocycles. The minimum atomic E-state index is -1.95. The Kier molecular flexibility index (Phi) is 7.49. The van der Waals surface area contributed by atoms with E-state index in [1.807, 2.05) is 41.5 Å². The number of hydrogen-bond donors (Lipinski definition) is 0. The van der Waals surface area contributed by atoms with E-state index in [1.54, 1.807) is 0 Å². The van der Waals surface area contributed by atoms with Gasteiger partial charge in [0, 0.05) is 6.92 Å². The summed E-state index contributed by atoms with van der Waals surface area (Å²) < 4.78 is 35.7. The van der Waals surface area contributed by atoms with Crippen LogP contribution >= 0.6 is 0 Å². The molecule has 4 unspecified atom stereocenters. The standard InChI is InChI=1S/C12H23FO2.C11H22O2/c1-10(2,3)8-9(11(4,5)6)15-12(7,13)14-8;1-10(2,3)8-9(11(4,5)6)13-7-12-8/h8-9H,1-7H3;8-9H,7H2,1-6H3. The number of hydrogen-bond acceptors (Lipinski definition) is 4. The highest BCUT2D eigenvalue weighted by Gasteiger charge is 2.53. The molecule has 0 bridgehead atoms. The molecular formula is C23H45FO4. The Morgan fingerprint density at radius 2 is 0.821 bits per heavy atom. The Morgan fingerprint density at radius 1 is 0.571 bits per heavy atom. The van der Waals surface area contributed by atoms with E-state index < -0.39 is 6.04 Å². The summed E-state index contributed by atoms with van der Waals surface area (Å²) in [7, 11) is 0. The van der Waals surface area contributed by atoms with Crippen LogP contribution in [0.15, 0.2) is 0 Å². The third-order valence-corrected chi connectivity index (χ3v) is 5.13. The second-order valence-electron chi connectivity index (χ2n) is 12.7. The fourth-order valence-electron chi connectivity index (χ4n) is 3.64. The monoisotopic (exact) mass is 404 g/mol. The predicted molar refractivity (Wildman–Crippen MR) is 112 cm³/mol. The molecule has 0 N–H and O–H groups in total. The Balaban J connectivity index is 0.000000283.